The van der Waals surface area contributed by atoms with E-state index in [-0.39, 0.29) is 6.61 Å². The highest BCUT2D eigenvalue weighted by Crippen LogP contribution is 2.37. The zero-order valence-corrected chi connectivity index (χ0v) is 17.9. The van der Waals surface area contributed by atoms with E-state index >= 15 is 0 Å². The molecule has 0 spiro atoms. The summed E-state index contributed by atoms with van der Waals surface area (Å²) in [4.78, 5) is 0. The van der Waals surface area contributed by atoms with Crippen LogP contribution in [0, 0.1) is 5.92 Å². The van der Waals surface area contributed by atoms with Gasteiger partial charge in [0.1, 0.15) is 36.6 Å². The van der Waals surface area contributed by atoms with E-state index < -0.39 is 88.6 Å². The average Bonchev–Trinajstić information content (AvgIpc) is 2.95. The summed E-state index contributed by atoms with van der Waals surface area (Å²) in [5.74, 6) is -0.988. The molecule has 0 radical (unpaired) electrons. The first-order valence-corrected chi connectivity index (χ1v) is 11.8. The molecule has 0 aromatic carbocycles. The van der Waals surface area contributed by atoms with Gasteiger partial charge in [-0.3, -0.25) is 9.11 Å². The fraction of sp³-hybridized carbons (Fsp3) is 1.00. The predicted molar refractivity (Wildman–Crippen MR) is 94.0 cm³/mol. The zero-order chi connectivity index (χ0) is 23.1. The molecular formula is C14H24O15S2. The maximum absolute atomic E-state index is 11.2. The lowest BCUT2D eigenvalue weighted by Crippen LogP contribution is -2.61. The van der Waals surface area contributed by atoms with E-state index in [4.69, 9.17) is 32.8 Å². The third-order valence-corrected chi connectivity index (χ3v) is 6.16. The molecule has 31 heavy (non-hydrogen) atoms. The van der Waals surface area contributed by atoms with Crippen LogP contribution in [0.25, 0.3) is 0 Å². The number of methoxy groups -OCH3 is 1. The van der Waals surface area contributed by atoms with Gasteiger partial charge in [0.25, 0.3) is 0 Å². The first kappa shape index (κ1) is 25.1. The van der Waals surface area contributed by atoms with Crippen molar-refractivity contribution in [1.82, 2.24) is 0 Å². The minimum absolute atomic E-state index is 0.0587. The molecule has 10 atom stereocenters. The Balaban J connectivity index is 1.77. The van der Waals surface area contributed by atoms with E-state index in [1.807, 2.05) is 0 Å². The molecule has 4 N–H and O–H groups in total. The van der Waals surface area contributed by atoms with Crippen LogP contribution in [0.5, 0.6) is 0 Å². The van der Waals surface area contributed by atoms with Gasteiger partial charge in [0.15, 0.2) is 18.7 Å². The quantitative estimate of drug-likeness (QED) is 0.250. The van der Waals surface area contributed by atoms with Gasteiger partial charge in [-0.2, -0.15) is 16.8 Å². The minimum atomic E-state index is -4.91. The SMILES string of the molecule is CO[C@H]1O[C@@H]2CO[C@@H]([C@H]2O[C@@H]2O[C@H](CO)[C@H](OS(=O)(=O)O)[C@H](C)[C@H]2O)[C@H]1OS(=O)(=O)O. The van der Waals surface area contributed by atoms with Crippen LogP contribution in [0.4, 0.5) is 0 Å². The summed E-state index contributed by atoms with van der Waals surface area (Å²) in [6.07, 6.45) is -11.3. The lowest BCUT2D eigenvalue weighted by atomic mass is 9.90. The van der Waals surface area contributed by atoms with Gasteiger partial charge in [-0.15, -0.1) is 0 Å². The number of fused-ring (bicyclic) bond motifs is 2. The van der Waals surface area contributed by atoms with Crippen LogP contribution in [-0.4, -0.2) is 112 Å². The molecule has 3 heterocycles. The Labute approximate surface area is 178 Å². The lowest BCUT2D eigenvalue weighted by Gasteiger charge is -2.45. The van der Waals surface area contributed by atoms with Gasteiger partial charge in [0.05, 0.1) is 13.2 Å². The topological polar surface area (TPSA) is 214 Å². The third-order valence-electron chi connectivity index (χ3n) is 5.22. The number of ether oxygens (including phenoxy) is 5. The Morgan fingerprint density at radius 2 is 1.58 bits per heavy atom. The predicted octanol–water partition coefficient (Wildman–Crippen LogP) is -2.77. The number of rotatable bonds is 8. The van der Waals surface area contributed by atoms with Gasteiger partial charge >= 0.3 is 20.8 Å². The van der Waals surface area contributed by atoms with Crippen LogP contribution in [0.2, 0.25) is 0 Å². The Kier molecular flexibility index (Phi) is 7.58. The van der Waals surface area contributed by atoms with Crippen LogP contribution in [0.15, 0.2) is 0 Å². The molecule has 17 heteroatoms. The van der Waals surface area contributed by atoms with Crippen LogP contribution in [-0.2, 0) is 52.8 Å². The van der Waals surface area contributed by atoms with E-state index in [1.54, 1.807) is 0 Å². The summed E-state index contributed by atoms with van der Waals surface area (Å²) >= 11 is 0. The second-order valence-electron chi connectivity index (χ2n) is 7.23. The second kappa shape index (κ2) is 9.37. The van der Waals surface area contributed by atoms with Crippen molar-refractivity contribution in [3.8, 4) is 0 Å². The summed E-state index contributed by atoms with van der Waals surface area (Å²) in [7, 11) is -8.59. The normalized spacial score (nSPS) is 43.8. The van der Waals surface area contributed by atoms with Crippen LogP contribution in [0.3, 0.4) is 0 Å². The highest BCUT2D eigenvalue weighted by molar-refractivity contribution is 7.81. The Hall–Kier alpha value is -0.540. The number of hydrogen-bond donors (Lipinski definition) is 4. The molecule has 0 amide bonds. The van der Waals surface area contributed by atoms with Gasteiger partial charge in [-0.05, 0) is 0 Å². The van der Waals surface area contributed by atoms with Crippen molar-refractivity contribution in [2.45, 2.75) is 62.2 Å². The van der Waals surface area contributed by atoms with Crippen molar-refractivity contribution >= 4 is 20.8 Å². The Morgan fingerprint density at radius 3 is 2.13 bits per heavy atom. The van der Waals surface area contributed by atoms with E-state index in [2.05, 4.69) is 8.37 Å². The summed E-state index contributed by atoms with van der Waals surface area (Å²) in [5.41, 5.74) is 0. The largest absolute Gasteiger partial charge is 0.397 e. The van der Waals surface area contributed by atoms with E-state index in [0.29, 0.717) is 0 Å². The van der Waals surface area contributed by atoms with Crippen molar-refractivity contribution in [3.63, 3.8) is 0 Å². The molecule has 2 bridgehead atoms. The minimum Gasteiger partial charge on any atom is -0.394 e. The average molecular weight is 496 g/mol. The van der Waals surface area contributed by atoms with Crippen molar-refractivity contribution < 1.29 is 68.2 Å². The Bertz CT molecular complexity index is 829. The molecule has 0 aliphatic carbocycles. The summed E-state index contributed by atoms with van der Waals surface area (Å²) < 4.78 is 98.9. The fourth-order valence-electron chi connectivity index (χ4n) is 3.82. The maximum atomic E-state index is 11.2. The fourth-order valence-corrected chi connectivity index (χ4v) is 4.88. The smallest absolute Gasteiger partial charge is 0.394 e. The Morgan fingerprint density at radius 1 is 0.968 bits per heavy atom. The third kappa shape index (κ3) is 5.69. The van der Waals surface area contributed by atoms with E-state index in [0.717, 1.165) is 0 Å². The summed E-state index contributed by atoms with van der Waals surface area (Å²) in [6, 6.07) is 0. The highest BCUT2D eigenvalue weighted by Gasteiger charge is 2.57. The first-order chi connectivity index (χ1) is 14.3. The van der Waals surface area contributed by atoms with Crippen molar-refractivity contribution in [2.24, 2.45) is 5.92 Å². The van der Waals surface area contributed by atoms with Gasteiger partial charge < -0.3 is 33.9 Å². The maximum Gasteiger partial charge on any atom is 0.397 e. The molecule has 0 saturated carbocycles. The standard InChI is InChI=1S/C14H24O15S2/c1-5-8(16)13(25-6(3-15)9(5)28-30(17,18)19)27-10-7-4-24-11(10)12(14(23-2)26-7)29-31(20,21)22/h5-16H,3-4H2,1-2H3,(H,17,18,19)(H,20,21,22)/t5-,6-,7-,8-,9-,10+,11+,12-,13+,14+/m1/s1. The molecule has 3 saturated heterocycles. The van der Waals surface area contributed by atoms with Crippen molar-refractivity contribution in [3.05, 3.63) is 0 Å². The lowest BCUT2D eigenvalue weighted by molar-refractivity contribution is -0.327. The molecule has 182 valence electrons. The van der Waals surface area contributed by atoms with Gasteiger partial charge in [0.2, 0.25) is 0 Å². The number of hydrogen-bond acceptors (Lipinski definition) is 13. The molecule has 3 rings (SSSR count). The van der Waals surface area contributed by atoms with E-state index in [1.165, 1.54) is 14.0 Å². The second-order valence-corrected chi connectivity index (χ2v) is 9.33. The summed E-state index contributed by atoms with van der Waals surface area (Å²) in [5, 5.41) is 20.1. The number of aliphatic hydroxyl groups is 2. The molecule has 0 aromatic heterocycles. The highest BCUT2D eigenvalue weighted by atomic mass is 32.3. The molecular weight excluding hydrogens is 472 g/mol. The molecule has 0 unspecified atom stereocenters. The van der Waals surface area contributed by atoms with Crippen LogP contribution < -0.4 is 0 Å². The number of aliphatic hydroxyl groups excluding tert-OH is 2. The molecule has 3 aliphatic heterocycles. The molecule has 3 fully saturated rings. The zero-order valence-electron chi connectivity index (χ0n) is 16.3. The van der Waals surface area contributed by atoms with Gasteiger partial charge in [-0.1, -0.05) is 6.92 Å². The van der Waals surface area contributed by atoms with Gasteiger partial charge in [0, 0.05) is 13.0 Å². The van der Waals surface area contributed by atoms with Gasteiger partial charge in [-0.25, -0.2) is 8.37 Å². The summed E-state index contributed by atoms with van der Waals surface area (Å²) in [6.45, 7) is 0.592. The molecule has 3 aliphatic rings. The van der Waals surface area contributed by atoms with Crippen molar-refractivity contribution in [2.75, 3.05) is 20.3 Å². The van der Waals surface area contributed by atoms with Crippen LogP contribution in [0.1, 0.15) is 6.92 Å². The van der Waals surface area contributed by atoms with Crippen molar-refractivity contribution in [1.29, 1.82) is 0 Å². The molecule has 0 aromatic rings. The monoisotopic (exact) mass is 496 g/mol. The first-order valence-electron chi connectivity index (χ1n) is 9.05. The van der Waals surface area contributed by atoms with E-state index in [9.17, 15) is 27.0 Å². The van der Waals surface area contributed by atoms with Crippen LogP contribution >= 0.6 is 0 Å². The molecule has 15 nitrogen and oxygen atoms in total.